The van der Waals surface area contributed by atoms with Crippen LogP contribution in [0.1, 0.15) is 37.8 Å². The fourth-order valence-electron chi connectivity index (χ4n) is 5.64. The van der Waals surface area contributed by atoms with Crippen molar-refractivity contribution in [2.45, 2.75) is 33.1 Å². The molecule has 1 aromatic carbocycles. The molecule has 6 N–H and O–H groups in total. The second kappa shape index (κ2) is 9.49. The van der Waals surface area contributed by atoms with Gasteiger partial charge in [0, 0.05) is 31.8 Å². The number of Topliss-reactive ketones (excluding diaryl/α,β-unsaturated/α-hetero) is 2. The molecule has 0 heterocycles. The number of aromatic hydroxyl groups is 1. The number of primary amides is 1. The van der Waals surface area contributed by atoms with Gasteiger partial charge in [0.1, 0.15) is 22.8 Å². The molecule has 1 amide bonds. The molecule has 1 aromatic rings. The van der Waals surface area contributed by atoms with E-state index in [9.17, 15) is 29.7 Å². The number of carbonyl (C=O) groups excluding carboxylic acids is 3. The van der Waals surface area contributed by atoms with Gasteiger partial charge in [0.25, 0.3) is 5.91 Å². The molecule has 198 valence electrons. The molecule has 37 heavy (non-hydrogen) atoms. The van der Waals surface area contributed by atoms with Gasteiger partial charge in [-0.05, 0) is 48.8 Å². The van der Waals surface area contributed by atoms with E-state index in [-0.39, 0.29) is 40.8 Å². The molecule has 1 unspecified atom stereocenters. The van der Waals surface area contributed by atoms with E-state index in [1.807, 2.05) is 32.8 Å². The molecular weight excluding hydrogens is 478 g/mol. The predicted molar refractivity (Wildman–Crippen MR) is 138 cm³/mol. The summed E-state index contributed by atoms with van der Waals surface area (Å²) in [5, 5.41) is 36.2. The number of carbonyl (C=O) groups is 3. The Kier molecular flexibility index (Phi) is 6.70. The van der Waals surface area contributed by atoms with Crippen LogP contribution < -0.4 is 16.0 Å². The largest absolute Gasteiger partial charge is 0.511 e. The van der Waals surface area contributed by atoms with Crippen LogP contribution in [0.3, 0.4) is 0 Å². The minimum atomic E-state index is -1.16. The van der Waals surface area contributed by atoms with E-state index in [0.717, 1.165) is 0 Å². The van der Waals surface area contributed by atoms with Crippen molar-refractivity contribution in [2.75, 3.05) is 30.9 Å². The van der Waals surface area contributed by atoms with Crippen molar-refractivity contribution < 1.29 is 34.4 Å². The van der Waals surface area contributed by atoms with Gasteiger partial charge in [-0.1, -0.05) is 13.8 Å². The molecule has 0 saturated heterocycles. The second-order valence-electron chi connectivity index (χ2n) is 10.5. The maximum absolute atomic E-state index is 13.6. The number of nitrogens with zero attached hydrogens (tertiary/aromatic N) is 1. The van der Waals surface area contributed by atoms with E-state index >= 15 is 0 Å². The lowest BCUT2D eigenvalue weighted by atomic mass is 9.61. The summed E-state index contributed by atoms with van der Waals surface area (Å²) in [5.74, 6) is -5.21. The van der Waals surface area contributed by atoms with Gasteiger partial charge >= 0.3 is 0 Å². The number of fused-ring (bicyclic) bond motifs is 3. The van der Waals surface area contributed by atoms with Crippen molar-refractivity contribution >= 4 is 34.6 Å². The number of amides is 1. The smallest absolute Gasteiger partial charge is 0.255 e. The lowest BCUT2D eigenvalue weighted by molar-refractivity contribution is -0.127. The van der Waals surface area contributed by atoms with Crippen LogP contribution in [0.2, 0.25) is 0 Å². The molecule has 10 heteroatoms. The summed E-state index contributed by atoms with van der Waals surface area (Å²) in [4.78, 5) is 39.7. The zero-order valence-corrected chi connectivity index (χ0v) is 21.4. The number of nitrogens with two attached hydrogens (primary N) is 1. The van der Waals surface area contributed by atoms with Crippen LogP contribution >= 0.6 is 0 Å². The number of rotatable bonds is 7. The third-order valence-corrected chi connectivity index (χ3v) is 7.21. The van der Waals surface area contributed by atoms with E-state index in [1.54, 1.807) is 6.07 Å². The SMILES string of the molecule is C=C(Nc1cc(N(C)C)c2c(c1O)C(O)=C1C(=O)C3C(O)=C(C(N)=O)C(=O)C[C@@H]3C[C@@H]1C2)OCC(C)C. The Morgan fingerprint density at radius 2 is 1.92 bits per heavy atom. The quantitative estimate of drug-likeness (QED) is 0.210. The lowest BCUT2D eigenvalue weighted by Gasteiger charge is -2.41. The first-order valence-electron chi connectivity index (χ1n) is 12.2. The summed E-state index contributed by atoms with van der Waals surface area (Å²) in [6.45, 7) is 8.23. The second-order valence-corrected chi connectivity index (χ2v) is 10.5. The first kappa shape index (κ1) is 26.1. The number of phenols is 1. The summed E-state index contributed by atoms with van der Waals surface area (Å²) < 4.78 is 5.59. The zero-order valence-electron chi connectivity index (χ0n) is 21.4. The zero-order chi connectivity index (χ0) is 27.3. The van der Waals surface area contributed by atoms with Gasteiger partial charge in [0.2, 0.25) is 0 Å². The van der Waals surface area contributed by atoms with E-state index in [2.05, 4.69) is 11.9 Å². The molecule has 10 nitrogen and oxygen atoms in total. The maximum atomic E-state index is 13.6. The predicted octanol–water partition coefficient (Wildman–Crippen LogP) is 2.93. The first-order valence-corrected chi connectivity index (χ1v) is 12.2. The standard InChI is InChI=1S/C27H33N3O7/c1-11(2)10-37-12(3)29-16-9-17(30(4)5)15-7-13-6-14-8-18(31)22(27(28)36)26(35)20(14)24(33)19(13)25(34)21(15)23(16)32/h9,11,13-14,20,29,32,34-35H,3,6-8,10H2,1-2,4-5H3,(H2,28,36)/t13-,14+,20?/m1/s1. The number of hydrogen-bond acceptors (Lipinski definition) is 9. The minimum absolute atomic E-state index is 0.0607. The van der Waals surface area contributed by atoms with E-state index in [1.165, 1.54) is 0 Å². The number of ether oxygens (including phenoxy) is 1. The molecule has 0 aliphatic heterocycles. The summed E-state index contributed by atoms with van der Waals surface area (Å²) in [6, 6.07) is 1.72. The molecule has 0 spiro atoms. The van der Waals surface area contributed by atoms with Gasteiger partial charge in [-0.3, -0.25) is 14.4 Å². The highest BCUT2D eigenvalue weighted by Crippen LogP contribution is 2.52. The summed E-state index contributed by atoms with van der Waals surface area (Å²) in [5.41, 5.74) is 6.49. The van der Waals surface area contributed by atoms with Gasteiger partial charge in [0.05, 0.1) is 23.8 Å². The highest BCUT2D eigenvalue weighted by molar-refractivity contribution is 6.21. The highest BCUT2D eigenvalue weighted by Gasteiger charge is 2.51. The molecule has 1 saturated carbocycles. The molecule has 0 bridgehead atoms. The lowest BCUT2D eigenvalue weighted by Crippen LogP contribution is -2.44. The van der Waals surface area contributed by atoms with E-state index < -0.39 is 52.3 Å². The van der Waals surface area contributed by atoms with Crippen LogP contribution in [0.25, 0.3) is 5.76 Å². The Hall–Kier alpha value is -3.95. The van der Waals surface area contributed by atoms with Crippen LogP contribution in [0.5, 0.6) is 5.75 Å². The molecule has 1 fully saturated rings. The molecule has 0 radical (unpaired) electrons. The van der Waals surface area contributed by atoms with Crippen LogP contribution in [-0.4, -0.2) is 53.5 Å². The first-order chi connectivity index (χ1) is 17.3. The maximum Gasteiger partial charge on any atom is 0.255 e. The van der Waals surface area contributed by atoms with Crippen LogP contribution in [0, 0.1) is 23.7 Å². The summed E-state index contributed by atoms with van der Waals surface area (Å²) >= 11 is 0. The van der Waals surface area contributed by atoms with Crippen LogP contribution in [0.4, 0.5) is 11.4 Å². The normalized spacial score (nSPS) is 22.9. The van der Waals surface area contributed by atoms with Crippen molar-refractivity contribution in [2.24, 2.45) is 29.4 Å². The van der Waals surface area contributed by atoms with Crippen LogP contribution in [0.15, 0.2) is 35.4 Å². The Morgan fingerprint density at radius 3 is 2.51 bits per heavy atom. The van der Waals surface area contributed by atoms with Crippen molar-refractivity contribution in [1.82, 2.24) is 0 Å². The van der Waals surface area contributed by atoms with Gasteiger partial charge in [-0.15, -0.1) is 0 Å². The van der Waals surface area contributed by atoms with E-state index in [0.29, 0.717) is 30.7 Å². The Balaban J connectivity index is 1.82. The van der Waals surface area contributed by atoms with Gasteiger partial charge in [0.15, 0.2) is 17.4 Å². The number of benzene rings is 1. The van der Waals surface area contributed by atoms with Gasteiger partial charge < -0.3 is 36.0 Å². The number of hydrogen-bond donors (Lipinski definition) is 5. The molecule has 3 aliphatic rings. The van der Waals surface area contributed by atoms with Gasteiger partial charge in [-0.2, -0.15) is 0 Å². The number of allylic oxidation sites excluding steroid dienone is 2. The number of nitrogens with one attached hydrogen (secondary N) is 1. The van der Waals surface area contributed by atoms with Crippen molar-refractivity contribution in [3.05, 3.63) is 46.6 Å². The number of aliphatic hydroxyl groups is 2. The summed E-state index contributed by atoms with van der Waals surface area (Å²) in [7, 11) is 3.65. The van der Waals surface area contributed by atoms with Crippen molar-refractivity contribution in [3.63, 3.8) is 0 Å². The fourth-order valence-corrected chi connectivity index (χ4v) is 5.64. The number of aliphatic hydroxyl groups excluding tert-OH is 2. The Labute approximate surface area is 215 Å². The summed E-state index contributed by atoms with van der Waals surface area (Å²) in [6.07, 6.45) is 0.574. The third-order valence-electron chi connectivity index (χ3n) is 7.21. The minimum Gasteiger partial charge on any atom is -0.511 e. The van der Waals surface area contributed by atoms with E-state index in [4.69, 9.17) is 10.5 Å². The molecule has 3 aliphatic carbocycles. The van der Waals surface area contributed by atoms with Crippen molar-refractivity contribution in [1.29, 1.82) is 0 Å². The topological polar surface area (TPSA) is 162 Å². The third kappa shape index (κ3) is 4.41. The fraction of sp³-hybridized carbons (Fsp3) is 0.444. The molecule has 4 rings (SSSR count). The van der Waals surface area contributed by atoms with Gasteiger partial charge in [-0.25, -0.2) is 0 Å². The average molecular weight is 512 g/mol. The number of ketones is 2. The number of phenolic OH excluding ortho intramolecular Hbond substituents is 1. The highest BCUT2D eigenvalue weighted by atomic mass is 16.5. The molecular formula is C27H33N3O7. The average Bonchev–Trinajstić information content (AvgIpc) is 2.78. The Morgan fingerprint density at radius 1 is 1.24 bits per heavy atom. The Bertz CT molecular complexity index is 1280. The number of anilines is 2. The van der Waals surface area contributed by atoms with Crippen LogP contribution in [-0.2, 0) is 25.5 Å². The molecule has 3 atom stereocenters. The molecule has 0 aromatic heterocycles. The van der Waals surface area contributed by atoms with Crippen molar-refractivity contribution in [3.8, 4) is 5.75 Å². The monoisotopic (exact) mass is 511 g/mol.